The Morgan fingerprint density at radius 3 is 2.79 bits per heavy atom. The van der Waals surface area contributed by atoms with Crippen LogP contribution in [-0.4, -0.2) is 17.4 Å². The molecule has 1 aliphatic carbocycles. The third kappa shape index (κ3) is 4.54. The Labute approximate surface area is 115 Å². The Morgan fingerprint density at radius 1 is 1.37 bits per heavy atom. The molecule has 0 spiro atoms. The largest absolute Gasteiger partial charge is 0.370 e. The first kappa shape index (κ1) is 13.8. The van der Waals surface area contributed by atoms with E-state index in [1.54, 1.807) is 6.20 Å². The highest BCUT2D eigenvalue weighted by atomic mass is 16.1. The summed E-state index contributed by atoms with van der Waals surface area (Å²) in [4.78, 5) is 16.1. The van der Waals surface area contributed by atoms with Crippen LogP contribution in [0.2, 0.25) is 0 Å². The topological polar surface area (TPSA) is 54.0 Å². The maximum absolute atomic E-state index is 11.8. The molecule has 1 saturated carbocycles. The van der Waals surface area contributed by atoms with Crippen molar-refractivity contribution in [3.05, 3.63) is 18.3 Å². The Hall–Kier alpha value is -1.58. The van der Waals surface area contributed by atoms with E-state index in [4.69, 9.17) is 0 Å². The lowest BCUT2D eigenvalue weighted by Gasteiger charge is -2.09. The van der Waals surface area contributed by atoms with Crippen molar-refractivity contribution in [2.24, 2.45) is 5.92 Å². The summed E-state index contributed by atoms with van der Waals surface area (Å²) in [6.45, 7) is 2.88. The number of nitrogens with zero attached hydrogens (tertiary/aromatic N) is 1. The van der Waals surface area contributed by atoms with Crippen LogP contribution in [0, 0.1) is 5.92 Å². The predicted molar refractivity (Wildman–Crippen MR) is 78.2 cm³/mol. The van der Waals surface area contributed by atoms with Crippen molar-refractivity contribution < 1.29 is 4.79 Å². The van der Waals surface area contributed by atoms with E-state index in [0.29, 0.717) is 6.42 Å². The summed E-state index contributed by atoms with van der Waals surface area (Å²) in [7, 11) is 0. The summed E-state index contributed by atoms with van der Waals surface area (Å²) in [5.41, 5.74) is 0.776. The van der Waals surface area contributed by atoms with Gasteiger partial charge in [0.1, 0.15) is 5.82 Å². The normalized spacial score (nSPS) is 15.4. The number of anilines is 2. The van der Waals surface area contributed by atoms with Gasteiger partial charge in [-0.3, -0.25) is 4.79 Å². The number of hydrogen-bond acceptors (Lipinski definition) is 3. The first-order valence-corrected chi connectivity index (χ1v) is 7.27. The number of carbonyl (C=O) groups excluding carboxylic acids is 1. The van der Waals surface area contributed by atoms with Gasteiger partial charge in [0.05, 0.1) is 11.9 Å². The van der Waals surface area contributed by atoms with E-state index in [1.807, 2.05) is 19.1 Å². The molecule has 0 unspecified atom stereocenters. The zero-order chi connectivity index (χ0) is 13.5. The van der Waals surface area contributed by atoms with E-state index in [1.165, 1.54) is 25.7 Å². The lowest BCUT2D eigenvalue weighted by atomic mass is 10.0. The van der Waals surface area contributed by atoms with Gasteiger partial charge in [-0.15, -0.1) is 0 Å². The molecule has 2 N–H and O–H groups in total. The van der Waals surface area contributed by atoms with Crippen LogP contribution < -0.4 is 10.6 Å². The maximum atomic E-state index is 11.8. The van der Waals surface area contributed by atoms with E-state index in [-0.39, 0.29) is 5.91 Å². The van der Waals surface area contributed by atoms with Crippen LogP contribution in [0.1, 0.15) is 45.4 Å². The number of pyridine rings is 1. The number of carbonyl (C=O) groups is 1. The molecule has 0 aliphatic heterocycles. The zero-order valence-corrected chi connectivity index (χ0v) is 11.6. The molecule has 1 aromatic heterocycles. The fourth-order valence-corrected chi connectivity index (χ4v) is 2.61. The van der Waals surface area contributed by atoms with Crippen LogP contribution >= 0.6 is 0 Å². The second kappa shape index (κ2) is 7.12. The van der Waals surface area contributed by atoms with Crippen LogP contribution in [0.3, 0.4) is 0 Å². The first-order chi connectivity index (χ1) is 9.28. The summed E-state index contributed by atoms with van der Waals surface area (Å²) in [6, 6.07) is 3.77. The lowest BCUT2D eigenvalue weighted by Crippen LogP contribution is -2.13. The highest BCUT2D eigenvalue weighted by Gasteiger charge is 2.16. The van der Waals surface area contributed by atoms with Gasteiger partial charge < -0.3 is 10.6 Å². The van der Waals surface area contributed by atoms with Crippen molar-refractivity contribution in [3.8, 4) is 0 Å². The zero-order valence-electron chi connectivity index (χ0n) is 11.6. The van der Waals surface area contributed by atoms with Crippen LogP contribution in [0.4, 0.5) is 11.5 Å². The molecular weight excluding hydrogens is 238 g/mol. The van der Waals surface area contributed by atoms with Gasteiger partial charge >= 0.3 is 0 Å². The Balaban J connectivity index is 1.74. The minimum Gasteiger partial charge on any atom is -0.370 e. The molecule has 0 radical (unpaired) electrons. The number of nitrogens with one attached hydrogen (secondary N) is 2. The SMILES string of the molecule is CCNc1ccc(NC(=O)CCC2CCCC2)cn1. The summed E-state index contributed by atoms with van der Waals surface area (Å²) in [5.74, 6) is 1.70. The molecule has 19 heavy (non-hydrogen) atoms. The standard InChI is InChI=1S/C15H23N3O/c1-2-16-14-9-8-13(11-17-14)18-15(19)10-7-12-5-3-4-6-12/h8-9,11-12H,2-7,10H2,1H3,(H,16,17)(H,18,19). The van der Waals surface area contributed by atoms with Gasteiger partial charge in [-0.05, 0) is 31.4 Å². The molecule has 104 valence electrons. The second-order valence-corrected chi connectivity index (χ2v) is 5.20. The van der Waals surface area contributed by atoms with E-state index >= 15 is 0 Å². The van der Waals surface area contributed by atoms with E-state index < -0.39 is 0 Å². The minimum absolute atomic E-state index is 0.102. The van der Waals surface area contributed by atoms with Crippen LogP contribution in [-0.2, 0) is 4.79 Å². The number of aromatic nitrogens is 1. The average Bonchev–Trinajstić information content (AvgIpc) is 2.92. The molecule has 4 heteroatoms. The smallest absolute Gasteiger partial charge is 0.224 e. The summed E-state index contributed by atoms with van der Waals surface area (Å²) >= 11 is 0. The predicted octanol–water partition coefficient (Wildman–Crippen LogP) is 3.42. The van der Waals surface area contributed by atoms with Crippen molar-refractivity contribution in [2.45, 2.75) is 45.4 Å². The molecular formula is C15H23N3O. The molecule has 2 rings (SSSR count). The summed E-state index contributed by atoms with van der Waals surface area (Å²) < 4.78 is 0. The van der Waals surface area contributed by atoms with Gasteiger partial charge in [-0.25, -0.2) is 4.98 Å². The van der Waals surface area contributed by atoms with Crippen molar-refractivity contribution in [2.75, 3.05) is 17.2 Å². The molecule has 0 saturated heterocycles. The Bertz CT molecular complexity index is 396. The van der Waals surface area contributed by atoms with E-state index in [2.05, 4.69) is 15.6 Å². The first-order valence-electron chi connectivity index (χ1n) is 7.27. The molecule has 1 heterocycles. The van der Waals surface area contributed by atoms with Gasteiger partial charge in [0, 0.05) is 13.0 Å². The van der Waals surface area contributed by atoms with Crippen molar-refractivity contribution >= 4 is 17.4 Å². The van der Waals surface area contributed by atoms with Gasteiger partial charge in [0.15, 0.2) is 0 Å². The molecule has 1 fully saturated rings. The van der Waals surface area contributed by atoms with Crippen molar-refractivity contribution in [3.63, 3.8) is 0 Å². The third-order valence-electron chi connectivity index (χ3n) is 3.66. The summed E-state index contributed by atoms with van der Waals surface area (Å²) in [5, 5.41) is 6.03. The quantitative estimate of drug-likeness (QED) is 0.825. The molecule has 4 nitrogen and oxygen atoms in total. The van der Waals surface area contributed by atoms with Crippen molar-refractivity contribution in [1.82, 2.24) is 4.98 Å². The van der Waals surface area contributed by atoms with Gasteiger partial charge in [-0.2, -0.15) is 0 Å². The Morgan fingerprint density at radius 2 is 2.16 bits per heavy atom. The van der Waals surface area contributed by atoms with Gasteiger partial charge in [0.2, 0.25) is 5.91 Å². The minimum atomic E-state index is 0.102. The lowest BCUT2D eigenvalue weighted by molar-refractivity contribution is -0.116. The van der Waals surface area contributed by atoms with E-state index in [9.17, 15) is 4.79 Å². The van der Waals surface area contributed by atoms with E-state index in [0.717, 1.165) is 30.4 Å². The van der Waals surface area contributed by atoms with Gasteiger partial charge in [-0.1, -0.05) is 25.7 Å². The molecule has 1 amide bonds. The molecule has 0 aromatic carbocycles. The second-order valence-electron chi connectivity index (χ2n) is 5.20. The Kier molecular flexibility index (Phi) is 5.19. The fraction of sp³-hybridized carbons (Fsp3) is 0.600. The summed E-state index contributed by atoms with van der Waals surface area (Å²) in [6.07, 6.45) is 8.61. The number of hydrogen-bond donors (Lipinski definition) is 2. The number of amides is 1. The fourth-order valence-electron chi connectivity index (χ4n) is 2.61. The average molecular weight is 261 g/mol. The highest BCUT2D eigenvalue weighted by Crippen LogP contribution is 2.28. The molecule has 0 atom stereocenters. The highest BCUT2D eigenvalue weighted by molar-refractivity contribution is 5.90. The van der Waals surface area contributed by atoms with Crippen LogP contribution in [0.5, 0.6) is 0 Å². The third-order valence-corrected chi connectivity index (χ3v) is 3.66. The van der Waals surface area contributed by atoms with Crippen molar-refractivity contribution in [1.29, 1.82) is 0 Å². The van der Waals surface area contributed by atoms with Crippen LogP contribution in [0.15, 0.2) is 18.3 Å². The monoisotopic (exact) mass is 261 g/mol. The van der Waals surface area contributed by atoms with Crippen LogP contribution in [0.25, 0.3) is 0 Å². The number of rotatable bonds is 6. The maximum Gasteiger partial charge on any atom is 0.224 e. The molecule has 1 aliphatic rings. The van der Waals surface area contributed by atoms with Gasteiger partial charge in [0.25, 0.3) is 0 Å². The molecule has 0 bridgehead atoms. The molecule has 1 aromatic rings.